The first-order chi connectivity index (χ1) is 11.8. The van der Waals surface area contributed by atoms with E-state index in [0.29, 0.717) is 22.5 Å². The Hall–Kier alpha value is -3.48. The summed E-state index contributed by atoms with van der Waals surface area (Å²) >= 11 is 0. The number of Topliss-reactive ketones (excluding diaryl/α,β-unsaturated/α-hetero) is 2. The van der Waals surface area contributed by atoms with Crippen molar-refractivity contribution in [2.75, 3.05) is 10.6 Å². The number of nitrogens with one attached hydrogen (secondary N) is 3. The zero-order valence-corrected chi connectivity index (χ0v) is 13.8. The lowest BCUT2D eigenvalue weighted by molar-refractivity contribution is 0.100. The minimum atomic E-state index is -0.714. The zero-order valence-electron chi connectivity index (χ0n) is 13.8. The summed E-state index contributed by atoms with van der Waals surface area (Å²) in [7, 11) is 0. The van der Waals surface area contributed by atoms with Crippen LogP contribution in [-0.2, 0) is 0 Å². The van der Waals surface area contributed by atoms with Crippen LogP contribution in [0.2, 0.25) is 0 Å². The van der Waals surface area contributed by atoms with Gasteiger partial charge in [-0.05, 0) is 62.4 Å². The number of anilines is 2. The molecule has 2 rings (SSSR count). The predicted molar refractivity (Wildman–Crippen MR) is 94.1 cm³/mol. The van der Waals surface area contributed by atoms with Crippen LogP contribution in [-0.4, -0.2) is 23.6 Å². The van der Waals surface area contributed by atoms with Crippen LogP contribution in [0.4, 0.5) is 21.0 Å². The molecule has 2 aromatic carbocycles. The highest BCUT2D eigenvalue weighted by Crippen LogP contribution is 2.11. The monoisotopic (exact) mass is 339 g/mol. The molecule has 0 radical (unpaired) electrons. The third-order valence-corrected chi connectivity index (χ3v) is 3.33. The summed E-state index contributed by atoms with van der Waals surface area (Å²) in [5.74, 6) is -0.155. The lowest BCUT2D eigenvalue weighted by Gasteiger charge is -2.09. The molecule has 0 saturated carbocycles. The van der Waals surface area contributed by atoms with Gasteiger partial charge in [0.25, 0.3) is 0 Å². The van der Waals surface area contributed by atoms with Gasteiger partial charge in [0.1, 0.15) is 0 Å². The van der Waals surface area contributed by atoms with E-state index in [-0.39, 0.29) is 11.6 Å². The van der Waals surface area contributed by atoms with Crippen molar-refractivity contribution < 1.29 is 19.2 Å². The van der Waals surface area contributed by atoms with E-state index >= 15 is 0 Å². The Morgan fingerprint density at radius 1 is 0.600 bits per heavy atom. The Morgan fingerprint density at radius 2 is 0.920 bits per heavy atom. The molecule has 128 valence electrons. The second-order valence-electron chi connectivity index (χ2n) is 5.30. The van der Waals surface area contributed by atoms with Gasteiger partial charge < -0.3 is 10.6 Å². The van der Waals surface area contributed by atoms with Gasteiger partial charge in [-0.15, -0.1) is 0 Å². The molecule has 0 saturated heterocycles. The van der Waals surface area contributed by atoms with E-state index in [9.17, 15) is 19.2 Å². The number of hydrogen-bond acceptors (Lipinski definition) is 4. The third kappa shape index (κ3) is 5.28. The van der Waals surface area contributed by atoms with Gasteiger partial charge in [0.05, 0.1) is 0 Å². The van der Waals surface area contributed by atoms with Gasteiger partial charge in [-0.2, -0.15) is 0 Å². The first-order valence-electron chi connectivity index (χ1n) is 7.46. The SMILES string of the molecule is CC(=O)c1ccc(NC(=O)NC(=O)Nc2ccc(C(C)=O)cc2)cc1. The van der Waals surface area contributed by atoms with E-state index in [1.54, 1.807) is 48.5 Å². The van der Waals surface area contributed by atoms with Crippen molar-refractivity contribution in [2.24, 2.45) is 0 Å². The highest BCUT2D eigenvalue weighted by Gasteiger charge is 2.09. The average Bonchev–Trinajstić information content (AvgIpc) is 2.55. The fourth-order valence-corrected chi connectivity index (χ4v) is 2.00. The van der Waals surface area contributed by atoms with Gasteiger partial charge in [-0.1, -0.05) is 0 Å². The molecule has 0 aliphatic heterocycles. The molecule has 0 fully saturated rings. The molecule has 0 aliphatic rings. The van der Waals surface area contributed by atoms with E-state index in [4.69, 9.17) is 0 Å². The van der Waals surface area contributed by atoms with E-state index in [1.165, 1.54) is 13.8 Å². The highest BCUT2D eigenvalue weighted by atomic mass is 16.2. The first-order valence-corrected chi connectivity index (χ1v) is 7.46. The number of rotatable bonds is 4. The Balaban J connectivity index is 1.88. The number of amides is 4. The molecule has 0 aromatic heterocycles. The van der Waals surface area contributed by atoms with Gasteiger partial charge in [0.2, 0.25) is 0 Å². The number of hydrogen-bond donors (Lipinski definition) is 3. The molecular weight excluding hydrogens is 322 g/mol. The van der Waals surface area contributed by atoms with Crippen LogP contribution in [0.3, 0.4) is 0 Å². The molecular formula is C18H17N3O4. The van der Waals surface area contributed by atoms with Gasteiger partial charge in [0.15, 0.2) is 11.6 Å². The van der Waals surface area contributed by atoms with Crippen molar-refractivity contribution in [2.45, 2.75) is 13.8 Å². The first kappa shape index (κ1) is 17.9. The Labute approximate surface area is 144 Å². The molecule has 2 aromatic rings. The van der Waals surface area contributed by atoms with Crippen LogP contribution in [0.25, 0.3) is 0 Å². The molecule has 0 bridgehead atoms. The number of benzene rings is 2. The summed E-state index contributed by atoms with van der Waals surface area (Å²) in [6.07, 6.45) is 0. The lowest BCUT2D eigenvalue weighted by atomic mass is 10.1. The maximum atomic E-state index is 11.8. The van der Waals surface area contributed by atoms with Crippen LogP contribution in [0.15, 0.2) is 48.5 Å². The summed E-state index contributed by atoms with van der Waals surface area (Å²) in [6, 6.07) is 11.1. The van der Waals surface area contributed by atoms with Crippen molar-refractivity contribution in [3.63, 3.8) is 0 Å². The number of imide groups is 1. The van der Waals surface area contributed by atoms with Crippen molar-refractivity contribution in [1.82, 2.24) is 5.32 Å². The van der Waals surface area contributed by atoms with E-state index in [0.717, 1.165) is 0 Å². The third-order valence-electron chi connectivity index (χ3n) is 3.33. The van der Waals surface area contributed by atoms with Crippen molar-refractivity contribution in [3.8, 4) is 0 Å². The van der Waals surface area contributed by atoms with Crippen LogP contribution in [0, 0.1) is 0 Å². The topological polar surface area (TPSA) is 104 Å². The molecule has 0 spiro atoms. The lowest BCUT2D eigenvalue weighted by Crippen LogP contribution is -2.37. The maximum absolute atomic E-state index is 11.8. The summed E-state index contributed by atoms with van der Waals surface area (Å²) in [4.78, 5) is 45.9. The van der Waals surface area contributed by atoms with Crippen molar-refractivity contribution >= 4 is 35.0 Å². The smallest absolute Gasteiger partial charge is 0.308 e. The van der Waals surface area contributed by atoms with Crippen molar-refractivity contribution in [1.29, 1.82) is 0 Å². The van der Waals surface area contributed by atoms with E-state index < -0.39 is 12.1 Å². The quantitative estimate of drug-likeness (QED) is 0.742. The van der Waals surface area contributed by atoms with Crippen LogP contribution in [0.1, 0.15) is 34.6 Å². The number of urea groups is 2. The summed E-state index contributed by atoms with van der Waals surface area (Å²) in [6.45, 7) is 2.89. The molecule has 0 heterocycles. The van der Waals surface area contributed by atoms with Crippen molar-refractivity contribution in [3.05, 3.63) is 59.7 Å². The molecule has 7 nitrogen and oxygen atoms in total. The largest absolute Gasteiger partial charge is 0.327 e. The number of carbonyl (C=O) groups is 4. The highest BCUT2D eigenvalue weighted by molar-refractivity contribution is 6.05. The molecule has 0 aliphatic carbocycles. The Morgan fingerprint density at radius 3 is 1.20 bits per heavy atom. The van der Waals surface area contributed by atoms with Gasteiger partial charge in [-0.3, -0.25) is 14.9 Å². The van der Waals surface area contributed by atoms with E-state index in [1.807, 2.05) is 0 Å². The minimum absolute atomic E-state index is 0.0776. The molecule has 0 unspecified atom stereocenters. The normalized spacial score (nSPS) is 9.84. The van der Waals surface area contributed by atoms with Gasteiger partial charge in [0, 0.05) is 22.5 Å². The van der Waals surface area contributed by atoms with Gasteiger partial charge in [-0.25, -0.2) is 9.59 Å². The minimum Gasteiger partial charge on any atom is -0.308 e. The number of carbonyl (C=O) groups excluding carboxylic acids is 4. The molecule has 25 heavy (non-hydrogen) atoms. The Bertz CT molecular complexity index is 742. The number of ketones is 2. The fraction of sp³-hybridized carbons (Fsp3) is 0.111. The Kier molecular flexibility index (Phi) is 5.62. The molecule has 7 heteroatoms. The van der Waals surface area contributed by atoms with Gasteiger partial charge >= 0.3 is 12.1 Å². The standard InChI is InChI=1S/C18H17N3O4/c1-11(22)13-3-7-15(8-4-13)19-17(24)21-18(25)20-16-9-5-14(6-10-16)12(2)23/h3-10H,1-2H3,(H3,19,20,21,24,25). The second kappa shape index (κ2) is 7.87. The van der Waals surface area contributed by atoms with Crippen LogP contribution >= 0.6 is 0 Å². The molecule has 0 atom stereocenters. The fourth-order valence-electron chi connectivity index (χ4n) is 2.00. The second-order valence-corrected chi connectivity index (χ2v) is 5.30. The van der Waals surface area contributed by atoms with Crippen LogP contribution in [0.5, 0.6) is 0 Å². The summed E-state index contributed by atoms with van der Waals surface area (Å²) < 4.78 is 0. The zero-order chi connectivity index (χ0) is 18.4. The average molecular weight is 339 g/mol. The predicted octanol–water partition coefficient (Wildman–Crippen LogP) is 3.45. The summed E-state index contributed by atoms with van der Waals surface area (Å²) in [5, 5.41) is 7.08. The molecule has 3 N–H and O–H groups in total. The summed E-state index contributed by atoms with van der Waals surface area (Å²) in [5.41, 5.74) is 1.94. The van der Waals surface area contributed by atoms with E-state index in [2.05, 4.69) is 16.0 Å². The molecule has 4 amide bonds. The maximum Gasteiger partial charge on any atom is 0.327 e. The van der Waals surface area contributed by atoms with Crippen LogP contribution < -0.4 is 16.0 Å².